The van der Waals surface area contributed by atoms with Crippen LogP contribution in [0.4, 0.5) is 11.6 Å². The normalized spacial score (nSPS) is 10.8. The molecule has 140 valence electrons. The summed E-state index contributed by atoms with van der Waals surface area (Å²) in [4.78, 5) is 19.0. The van der Waals surface area contributed by atoms with Crippen LogP contribution in [0.1, 0.15) is 13.8 Å². The van der Waals surface area contributed by atoms with E-state index < -0.39 is 0 Å². The first-order valence-electron chi connectivity index (χ1n) is 9.08. The van der Waals surface area contributed by atoms with Gasteiger partial charge in [0.15, 0.2) is 0 Å². The average Bonchev–Trinajstić information content (AvgIpc) is 2.74. The number of ether oxygens (including phenoxy) is 1. The second kappa shape index (κ2) is 9.59. The van der Waals surface area contributed by atoms with Crippen molar-refractivity contribution in [3.05, 3.63) is 55.4 Å². The maximum absolute atomic E-state index is 5.80. The van der Waals surface area contributed by atoms with Crippen molar-refractivity contribution in [3.63, 3.8) is 0 Å². The third-order valence-electron chi connectivity index (χ3n) is 4.23. The molecule has 2 aromatic heterocycles. The molecule has 27 heavy (non-hydrogen) atoms. The molecular formula is C20H24N6O. The van der Waals surface area contributed by atoms with E-state index in [1.807, 2.05) is 24.3 Å². The SMILES string of the molecule is CCN(CC)CCOc1ccc(Nc2ncc(-c3cncnc3)cn2)cc1. The van der Waals surface area contributed by atoms with E-state index in [1.165, 1.54) is 6.33 Å². The van der Waals surface area contributed by atoms with Crippen LogP contribution < -0.4 is 10.1 Å². The molecule has 0 aliphatic carbocycles. The Bertz CT molecular complexity index is 804. The number of anilines is 2. The van der Waals surface area contributed by atoms with Crippen molar-refractivity contribution >= 4 is 11.6 Å². The van der Waals surface area contributed by atoms with Gasteiger partial charge in [-0.1, -0.05) is 13.8 Å². The Kier molecular flexibility index (Phi) is 6.65. The number of benzene rings is 1. The maximum Gasteiger partial charge on any atom is 0.227 e. The molecule has 0 unspecified atom stereocenters. The minimum atomic E-state index is 0.533. The number of hydrogen-bond acceptors (Lipinski definition) is 7. The zero-order chi connectivity index (χ0) is 18.9. The van der Waals surface area contributed by atoms with E-state index in [0.717, 1.165) is 42.2 Å². The Morgan fingerprint density at radius 3 is 2.15 bits per heavy atom. The molecule has 0 radical (unpaired) electrons. The summed E-state index contributed by atoms with van der Waals surface area (Å²) in [6.07, 6.45) is 8.46. The second-order valence-corrected chi connectivity index (χ2v) is 5.95. The Labute approximate surface area is 159 Å². The van der Waals surface area contributed by atoms with E-state index >= 15 is 0 Å². The predicted molar refractivity (Wildman–Crippen MR) is 106 cm³/mol. The molecule has 3 aromatic rings. The van der Waals surface area contributed by atoms with E-state index in [-0.39, 0.29) is 0 Å². The molecule has 7 nitrogen and oxygen atoms in total. The third kappa shape index (κ3) is 5.46. The lowest BCUT2D eigenvalue weighted by Crippen LogP contribution is -2.27. The van der Waals surface area contributed by atoms with Crippen molar-refractivity contribution in [3.8, 4) is 16.9 Å². The zero-order valence-corrected chi connectivity index (χ0v) is 15.7. The van der Waals surface area contributed by atoms with Crippen LogP contribution >= 0.6 is 0 Å². The minimum Gasteiger partial charge on any atom is -0.492 e. The van der Waals surface area contributed by atoms with Crippen molar-refractivity contribution in [2.75, 3.05) is 31.6 Å². The fraction of sp³-hybridized carbons (Fsp3) is 0.300. The van der Waals surface area contributed by atoms with Crippen LogP contribution in [0.25, 0.3) is 11.1 Å². The van der Waals surface area contributed by atoms with Gasteiger partial charge < -0.3 is 15.0 Å². The lowest BCUT2D eigenvalue weighted by Gasteiger charge is -2.18. The van der Waals surface area contributed by atoms with Crippen LogP contribution in [0.3, 0.4) is 0 Å². The second-order valence-electron chi connectivity index (χ2n) is 5.95. The summed E-state index contributed by atoms with van der Waals surface area (Å²) in [6, 6.07) is 7.80. The largest absolute Gasteiger partial charge is 0.492 e. The van der Waals surface area contributed by atoms with Gasteiger partial charge in [-0.25, -0.2) is 19.9 Å². The fourth-order valence-electron chi connectivity index (χ4n) is 2.59. The summed E-state index contributed by atoms with van der Waals surface area (Å²) < 4.78 is 5.80. The highest BCUT2D eigenvalue weighted by Crippen LogP contribution is 2.20. The molecule has 3 rings (SSSR count). The molecular weight excluding hydrogens is 340 g/mol. The summed E-state index contributed by atoms with van der Waals surface area (Å²) in [7, 11) is 0. The van der Waals surface area contributed by atoms with Crippen LogP contribution in [-0.2, 0) is 0 Å². The number of hydrogen-bond donors (Lipinski definition) is 1. The van der Waals surface area contributed by atoms with E-state index in [0.29, 0.717) is 12.6 Å². The van der Waals surface area contributed by atoms with Gasteiger partial charge in [0.25, 0.3) is 0 Å². The Morgan fingerprint density at radius 1 is 0.889 bits per heavy atom. The smallest absolute Gasteiger partial charge is 0.227 e. The van der Waals surface area contributed by atoms with E-state index in [1.54, 1.807) is 24.8 Å². The predicted octanol–water partition coefficient (Wildman–Crippen LogP) is 3.40. The summed E-state index contributed by atoms with van der Waals surface area (Å²) in [5, 5.41) is 3.19. The highest BCUT2D eigenvalue weighted by molar-refractivity contribution is 5.61. The van der Waals surface area contributed by atoms with Crippen molar-refractivity contribution < 1.29 is 4.74 Å². The standard InChI is InChI=1S/C20H24N6O/c1-3-26(4-2)9-10-27-19-7-5-18(6-8-19)25-20-23-13-17(14-24-20)16-11-21-15-22-12-16/h5-8,11-15H,3-4,9-10H2,1-2H3,(H,23,24,25). The summed E-state index contributed by atoms with van der Waals surface area (Å²) in [5.41, 5.74) is 2.66. The van der Waals surface area contributed by atoms with Gasteiger partial charge in [-0.05, 0) is 37.4 Å². The molecule has 0 bridgehead atoms. The summed E-state index contributed by atoms with van der Waals surface area (Å²) in [6.45, 7) is 8.01. The number of nitrogens with one attached hydrogen (secondary N) is 1. The van der Waals surface area contributed by atoms with Gasteiger partial charge in [-0.3, -0.25) is 0 Å². The molecule has 0 aliphatic heterocycles. The van der Waals surface area contributed by atoms with Crippen LogP contribution in [0.5, 0.6) is 5.75 Å². The lowest BCUT2D eigenvalue weighted by molar-refractivity contribution is 0.223. The molecule has 1 aromatic carbocycles. The molecule has 1 N–H and O–H groups in total. The van der Waals surface area contributed by atoms with Crippen LogP contribution in [0.2, 0.25) is 0 Å². The van der Waals surface area contributed by atoms with Gasteiger partial charge in [0.05, 0.1) is 0 Å². The molecule has 0 atom stereocenters. The first-order valence-corrected chi connectivity index (χ1v) is 9.08. The average molecular weight is 364 g/mol. The van der Waals surface area contributed by atoms with Crippen molar-refractivity contribution in [2.45, 2.75) is 13.8 Å². The number of nitrogens with zero attached hydrogens (tertiary/aromatic N) is 5. The highest BCUT2D eigenvalue weighted by atomic mass is 16.5. The number of rotatable bonds is 9. The molecule has 2 heterocycles. The first kappa shape index (κ1) is 18.7. The van der Waals surface area contributed by atoms with Crippen molar-refractivity contribution in [1.82, 2.24) is 24.8 Å². The van der Waals surface area contributed by atoms with E-state index in [4.69, 9.17) is 4.74 Å². The van der Waals surface area contributed by atoms with E-state index in [9.17, 15) is 0 Å². The van der Waals surface area contributed by atoms with Crippen LogP contribution in [0.15, 0.2) is 55.4 Å². The molecule has 0 spiro atoms. The molecule has 0 fully saturated rings. The summed E-state index contributed by atoms with van der Waals surface area (Å²) >= 11 is 0. The highest BCUT2D eigenvalue weighted by Gasteiger charge is 2.03. The summed E-state index contributed by atoms with van der Waals surface area (Å²) in [5.74, 6) is 1.39. The monoisotopic (exact) mass is 364 g/mol. The van der Waals surface area contributed by atoms with Gasteiger partial charge in [-0.2, -0.15) is 0 Å². The van der Waals surface area contributed by atoms with E-state index in [2.05, 4.69) is 44.0 Å². The van der Waals surface area contributed by atoms with Gasteiger partial charge in [-0.15, -0.1) is 0 Å². The third-order valence-corrected chi connectivity index (χ3v) is 4.23. The van der Waals surface area contributed by atoms with Gasteiger partial charge >= 0.3 is 0 Å². The topological polar surface area (TPSA) is 76.1 Å². The molecule has 7 heteroatoms. The first-order chi connectivity index (χ1) is 13.3. The Hall–Kier alpha value is -3.06. The Morgan fingerprint density at radius 2 is 1.52 bits per heavy atom. The van der Waals surface area contributed by atoms with Crippen molar-refractivity contribution in [2.24, 2.45) is 0 Å². The van der Waals surface area contributed by atoms with Crippen LogP contribution in [0, 0.1) is 0 Å². The maximum atomic E-state index is 5.80. The van der Waals surface area contributed by atoms with Gasteiger partial charge in [0.2, 0.25) is 5.95 Å². The number of aromatic nitrogens is 4. The lowest BCUT2D eigenvalue weighted by atomic mass is 10.2. The van der Waals surface area contributed by atoms with Gasteiger partial charge in [0.1, 0.15) is 18.7 Å². The van der Waals surface area contributed by atoms with Crippen LogP contribution in [-0.4, -0.2) is 51.1 Å². The quantitative estimate of drug-likeness (QED) is 0.623. The zero-order valence-electron chi connectivity index (χ0n) is 15.7. The number of likely N-dealkylation sites (N-methyl/N-ethyl adjacent to an activating group) is 1. The molecule has 0 aliphatic rings. The Balaban J connectivity index is 1.53. The molecule has 0 amide bonds. The fourth-order valence-corrected chi connectivity index (χ4v) is 2.59. The van der Waals surface area contributed by atoms with Crippen molar-refractivity contribution in [1.29, 1.82) is 0 Å². The van der Waals surface area contributed by atoms with Gasteiger partial charge in [0, 0.05) is 48.1 Å². The molecule has 0 saturated carbocycles. The minimum absolute atomic E-state index is 0.533. The molecule has 0 saturated heterocycles.